The van der Waals surface area contributed by atoms with E-state index >= 15 is 4.79 Å². The third kappa shape index (κ3) is 5.99. The van der Waals surface area contributed by atoms with Gasteiger partial charge < -0.3 is 19.7 Å². The van der Waals surface area contributed by atoms with Gasteiger partial charge in [-0.05, 0) is 166 Å². The van der Waals surface area contributed by atoms with E-state index in [1.54, 1.807) is 0 Å². The number of hydrogen-bond acceptors (Lipinski definition) is 5. The fourth-order valence-electron chi connectivity index (χ4n) is 16.5. The van der Waals surface area contributed by atoms with E-state index in [2.05, 4.69) is 51.1 Å². The van der Waals surface area contributed by atoms with E-state index in [4.69, 9.17) is 26.7 Å². The number of allylic oxidation sites excluding steroid dienone is 1. The lowest BCUT2D eigenvalue weighted by Crippen LogP contribution is -2.69. The van der Waals surface area contributed by atoms with Crippen molar-refractivity contribution in [3.8, 4) is 11.3 Å². The van der Waals surface area contributed by atoms with Crippen LogP contribution in [0.5, 0.6) is 0 Å². The summed E-state index contributed by atoms with van der Waals surface area (Å²) in [6.45, 7) is 21.3. The van der Waals surface area contributed by atoms with Crippen molar-refractivity contribution in [3.05, 3.63) is 53.5 Å². The SMILES string of the molecule is C=C(C)[C@@H]1CC[C@]2(C(=O)N3CCC[C@H]3c3ncc(-c4ccc(Cl)cc4)[nH]3)CC[C@]3(C)[C@H](CCC4[C@@]5(C)CC[C@H](OC(=O)[C@H]6C[C@@H](C(=O)O)C6(C)C)[C@@](C)(C=[NH2+])C5CC[C@]43C)C12. The number of carboxylic acid groups (broad SMARTS) is 1. The van der Waals surface area contributed by atoms with E-state index in [0.717, 1.165) is 101 Å². The van der Waals surface area contributed by atoms with Crippen molar-refractivity contribution in [2.45, 2.75) is 144 Å². The average molecular weight is 855 g/mol. The minimum Gasteiger partial charge on any atom is -0.481 e. The van der Waals surface area contributed by atoms with Crippen molar-refractivity contribution in [2.24, 2.45) is 73.9 Å². The molecule has 330 valence electrons. The molecular formula is C51H70ClN4O5+. The number of carboxylic acids is 1. The molecule has 14 atom stereocenters. The van der Waals surface area contributed by atoms with E-state index in [9.17, 15) is 14.7 Å². The van der Waals surface area contributed by atoms with Crippen LogP contribution in [0.25, 0.3) is 11.3 Å². The van der Waals surface area contributed by atoms with Crippen molar-refractivity contribution >= 4 is 35.7 Å². The number of nitrogens with one attached hydrogen (secondary N) is 1. The van der Waals surface area contributed by atoms with Gasteiger partial charge in [-0.15, -0.1) is 0 Å². The summed E-state index contributed by atoms with van der Waals surface area (Å²) in [7, 11) is 0. The molecule has 1 saturated heterocycles. The quantitative estimate of drug-likeness (QED) is 0.137. The van der Waals surface area contributed by atoms with E-state index in [0.29, 0.717) is 35.1 Å². The summed E-state index contributed by atoms with van der Waals surface area (Å²) >= 11 is 6.19. The van der Waals surface area contributed by atoms with Gasteiger partial charge in [0.15, 0.2) is 0 Å². The molecule has 6 aliphatic carbocycles. The van der Waals surface area contributed by atoms with Gasteiger partial charge >= 0.3 is 11.9 Å². The fraction of sp³-hybridized carbons (Fsp3) is 0.706. The second-order valence-corrected chi connectivity index (χ2v) is 23.1. The van der Waals surface area contributed by atoms with Crippen LogP contribution in [0.4, 0.5) is 0 Å². The minimum atomic E-state index is -0.843. The Balaban J connectivity index is 0.976. The molecule has 0 radical (unpaired) electrons. The van der Waals surface area contributed by atoms with Crippen molar-refractivity contribution < 1.29 is 29.6 Å². The maximum atomic E-state index is 15.6. The summed E-state index contributed by atoms with van der Waals surface area (Å²) in [4.78, 5) is 51.9. The number of imidazole rings is 1. The first-order valence-electron chi connectivity index (χ1n) is 23.5. The summed E-state index contributed by atoms with van der Waals surface area (Å²) in [6.07, 6.45) is 15.6. The van der Waals surface area contributed by atoms with Gasteiger partial charge in [-0.2, -0.15) is 0 Å². The molecule has 3 unspecified atom stereocenters. The number of aliphatic carboxylic acids is 1. The van der Waals surface area contributed by atoms with Crippen LogP contribution < -0.4 is 5.41 Å². The molecular weight excluding hydrogens is 784 g/mol. The molecule has 2 heterocycles. The molecule has 9 rings (SSSR count). The van der Waals surface area contributed by atoms with Crippen molar-refractivity contribution in [1.82, 2.24) is 14.9 Å². The molecule has 0 spiro atoms. The first kappa shape index (κ1) is 42.8. The van der Waals surface area contributed by atoms with E-state index in [-0.39, 0.29) is 46.2 Å². The van der Waals surface area contributed by atoms with Crippen LogP contribution in [-0.4, -0.2) is 56.7 Å². The molecule has 7 fully saturated rings. The van der Waals surface area contributed by atoms with Gasteiger partial charge in [0, 0.05) is 11.6 Å². The Morgan fingerprint density at radius 1 is 0.918 bits per heavy atom. The Hall–Kier alpha value is -3.46. The number of H-pyrrole nitrogens is 1. The number of hydrogen-bond donors (Lipinski definition) is 3. The monoisotopic (exact) mass is 854 g/mol. The van der Waals surface area contributed by atoms with Crippen LogP contribution in [0.1, 0.15) is 144 Å². The largest absolute Gasteiger partial charge is 0.481 e. The first-order chi connectivity index (χ1) is 28.8. The number of esters is 1. The van der Waals surface area contributed by atoms with Crippen LogP contribution in [0, 0.1) is 73.9 Å². The molecule has 1 aromatic heterocycles. The third-order valence-corrected chi connectivity index (χ3v) is 20.4. The van der Waals surface area contributed by atoms with Crippen LogP contribution >= 0.6 is 11.6 Å². The number of likely N-dealkylation sites (tertiary alicyclic amines) is 1. The molecule has 2 aromatic rings. The van der Waals surface area contributed by atoms with Gasteiger partial charge in [0.1, 0.15) is 18.1 Å². The van der Waals surface area contributed by atoms with Gasteiger partial charge in [-0.1, -0.05) is 70.5 Å². The number of halogens is 1. The summed E-state index contributed by atoms with van der Waals surface area (Å²) in [6, 6.07) is 7.75. The zero-order chi connectivity index (χ0) is 43.7. The molecule has 10 heteroatoms. The number of ether oxygens (including phenoxy) is 1. The Labute approximate surface area is 368 Å². The van der Waals surface area contributed by atoms with Gasteiger partial charge in [0.05, 0.1) is 40.6 Å². The fourth-order valence-corrected chi connectivity index (χ4v) is 16.6. The summed E-state index contributed by atoms with van der Waals surface area (Å²) in [5.74, 6) is 0.890. The Bertz CT molecular complexity index is 2130. The predicted molar refractivity (Wildman–Crippen MR) is 237 cm³/mol. The number of benzene rings is 1. The lowest BCUT2D eigenvalue weighted by Gasteiger charge is -2.72. The topological polar surface area (TPSA) is 138 Å². The summed E-state index contributed by atoms with van der Waals surface area (Å²) in [5.41, 5.74) is 1.79. The van der Waals surface area contributed by atoms with Crippen LogP contribution in [0.15, 0.2) is 42.6 Å². The summed E-state index contributed by atoms with van der Waals surface area (Å²) in [5, 5.41) is 17.1. The van der Waals surface area contributed by atoms with Gasteiger partial charge in [0.2, 0.25) is 5.91 Å². The molecule has 9 nitrogen and oxygen atoms in total. The average Bonchev–Trinajstić information content (AvgIpc) is 3.98. The molecule has 7 aliphatic rings. The van der Waals surface area contributed by atoms with Crippen LogP contribution in [0.2, 0.25) is 5.02 Å². The highest BCUT2D eigenvalue weighted by Crippen LogP contribution is 2.78. The Morgan fingerprint density at radius 2 is 1.66 bits per heavy atom. The molecule has 1 aliphatic heterocycles. The highest BCUT2D eigenvalue weighted by atomic mass is 35.5. The predicted octanol–water partition coefficient (Wildman–Crippen LogP) is 9.52. The normalized spacial score (nSPS) is 43.5. The maximum Gasteiger partial charge on any atom is 0.309 e. The molecule has 1 aromatic carbocycles. The number of rotatable bonds is 8. The highest BCUT2D eigenvalue weighted by Gasteiger charge is 2.73. The third-order valence-electron chi connectivity index (χ3n) is 20.2. The Morgan fingerprint density at radius 3 is 2.33 bits per heavy atom. The molecule has 6 saturated carbocycles. The second-order valence-electron chi connectivity index (χ2n) is 22.7. The lowest BCUT2D eigenvalue weighted by molar-refractivity contribution is -0.249. The van der Waals surface area contributed by atoms with Gasteiger partial charge in [0.25, 0.3) is 0 Å². The first-order valence-corrected chi connectivity index (χ1v) is 23.9. The Kier molecular flexibility index (Phi) is 10.2. The second kappa shape index (κ2) is 14.5. The van der Waals surface area contributed by atoms with Crippen LogP contribution in [-0.2, 0) is 19.1 Å². The number of carbonyl (C=O) groups is 3. The zero-order valence-corrected chi connectivity index (χ0v) is 38.5. The van der Waals surface area contributed by atoms with Gasteiger partial charge in [-0.25, -0.2) is 4.98 Å². The standard InChI is InChI=1S/C51H69ClN4O5/c1-29(2)32-17-22-51(45(60)56-25-9-10-37(56)42-54-27-36(55-42)30-11-13-31(52)14-12-30)24-23-49(7)33(41(32)51)15-16-39-47(5)20-19-40(48(6,28-53)38(47)18-21-50(39,49)8)61-44(59)35-26-34(43(57)58)46(35,3)4/h11-14,27-28,32-35,37-41,53H,1,9-10,15-26H2,2-8H3,(H,54,55)(H,57,58)/p+1/t32-,33+,34-,35+,37-,38?,39?,40-,41?,47-,48-,49+,50+,51-/m0/s1. The van der Waals surface area contributed by atoms with E-state index in [1.165, 1.54) is 5.57 Å². The van der Waals surface area contributed by atoms with E-state index in [1.807, 2.05) is 50.5 Å². The smallest absolute Gasteiger partial charge is 0.309 e. The number of aromatic amines is 1. The molecule has 0 bridgehead atoms. The molecule has 61 heavy (non-hydrogen) atoms. The highest BCUT2D eigenvalue weighted by molar-refractivity contribution is 6.30. The van der Waals surface area contributed by atoms with Crippen LogP contribution in [0.3, 0.4) is 0 Å². The number of nitrogens with zero attached hydrogens (tertiary/aromatic N) is 2. The van der Waals surface area contributed by atoms with E-state index < -0.39 is 34.1 Å². The van der Waals surface area contributed by atoms with Crippen molar-refractivity contribution in [2.75, 3.05) is 6.54 Å². The molecule has 4 N–H and O–H groups in total. The zero-order valence-electron chi connectivity index (χ0n) is 37.7. The van der Waals surface area contributed by atoms with Crippen molar-refractivity contribution in [1.29, 1.82) is 0 Å². The van der Waals surface area contributed by atoms with Gasteiger partial charge in [-0.3, -0.25) is 19.8 Å². The molecule has 1 amide bonds. The number of fused-ring (bicyclic) bond motifs is 7. The maximum absolute atomic E-state index is 15.6. The number of amides is 1. The number of carbonyl (C=O) groups excluding carboxylic acids is 2. The lowest BCUT2D eigenvalue weighted by atomic mass is 9.32. The number of nitrogens with two attached hydrogens (primary N) is 1. The number of aromatic nitrogens is 2. The minimum absolute atomic E-state index is 0.00309. The summed E-state index contributed by atoms with van der Waals surface area (Å²) < 4.78 is 6.45. The van der Waals surface area contributed by atoms with Crippen molar-refractivity contribution in [3.63, 3.8) is 0 Å².